The maximum Gasteiger partial charge on any atom is 0.269 e. The van der Waals surface area contributed by atoms with E-state index in [1.807, 2.05) is 0 Å². The topological polar surface area (TPSA) is 104 Å². The molecule has 0 aromatic heterocycles. The Morgan fingerprint density at radius 3 is 1.69 bits per heavy atom. The van der Waals surface area contributed by atoms with E-state index in [4.69, 9.17) is 11.6 Å². The van der Waals surface area contributed by atoms with Crippen LogP contribution in [0, 0.1) is 0 Å². The van der Waals surface area contributed by atoms with E-state index in [-0.39, 0.29) is 16.5 Å². The van der Waals surface area contributed by atoms with Crippen LogP contribution in [-0.2, 0) is 10.0 Å². The highest BCUT2D eigenvalue weighted by Crippen LogP contribution is 2.11. The number of hydrogen-bond acceptors (Lipinski definition) is 4. The summed E-state index contributed by atoms with van der Waals surface area (Å²) in [7, 11) is -3.63. The summed E-state index contributed by atoms with van der Waals surface area (Å²) < 4.78 is 26.5. The molecule has 0 fully saturated rings. The Balaban J connectivity index is 1.99. The van der Waals surface area contributed by atoms with Crippen molar-refractivity contribution in [3.63, 3.8) is 0 Å². The third kappa shape index (κ3) is 5.29. The van der Waals surface area contributed by atoms with E-state index in [1.54, 1.807) is 26.0 Å². The van der Waals surface area contributed by atoms with Crippen molar-refractivity contribution in [2.24, 2.45) is 0 Å². The lowest BCUT2D eigenvalue weighted by molar-refractivity contribution is 0.0846. The van der Waals surface area contributed by atoms with E-state index in [1.165, 1.54) is 36.4 Å². The molecular weight excluding hydrogens is 378 g/mol. The van der Waals surface area contributed by atoms with Gasteiger partial charge in [-0.05, 0) is 62.4 Å². The van der Waals surface area contributed by atoms with Crippen LogP contribution < -0.4 is 15.6 Å². The maximum absolute atomic E-state index is 12.1. The molecule has 0 aliphatic heterocycles. The summed E-state index contributed by atoms with van der Waals surface area (Å²) in [4.78, 5) is 24.0. The van der Waals surface area contributed by atoms with Crippen LogP contribution >= 0.6 is 11.6 Å². The minimum absolute atomic E-state index is 0.0490. The van der Waals surface area contributed by atoms with Gasteiger partial charge in [-0.15, -0.1) is 0 Å². The summed E-state index contributed by atoms with van der Waals surface area (Å²) in [5.74, 6) is -1.08. The molecule has 0 saturated carbocycles. The van der Waals surface area contributed by atoms with Gasteiger partial charge in [0.15, 0.2) is 0 Å². The first-order valence-corrected chi connectivity index (χ1v) is 9.54. The quantitative estimate of drug-likeness (QED) is 0.674. The lowest BCUT2D eigenvalue weighted by Gasteiger charge is -2.10. The van der Waals surface area contributed by atoms with E-state index in [0.717, 1.165) is 0 Å². The molecule has 0 unspecified atom stereocenters. The van der Waals surface area contributed by atoms with Crippen molar-refractivity contribution in [3.8, 4) is 0 Å². The SMILES string of the molecule is CC(C)NS(=O)(=O)c1ccc(C(=O)NNC(=O)c2ccc(Cl)cc2)cc1. The summed E-state index contributed by atoms with van der Waals surface area (Å²) in [5, 5.41) is 0.493. The van der Waals surface area contributed by atoms with E-state index < -0.39 is 21.8 Å². The zero-order chi connectivity index (χ0) is 19.3. The van der Waals surface area contributed by atoms with Crippen molar-refractivity contribution in [1.82, 2.24) is 15.6 Å². The highest BCUT2D eigenvalue weighted by Gasteiger charge is 2.16. The summed E-state index contributed by atoms with van der Waals surface area (Å²) >= 11 is 5.75. The number of hydrogen-bond donors (Lipinski definition) is 3. The molecule has 7 nitrogen and oxygen atoms in total. The number of hydrazine groups is 1. The fourth-order valence-corrected chi connectivity index (χ4v) is 3.40. The van der Waals surface area contributed by atoms with Gasteiger partial charge in [0.25, 0.3) is 11.8 Å². The Morgan fingerprint density at radius 1 is 0.846 bits per heavy atom. The zero-order valence-electron chi connectivity index (χ0n) is 14.1. The second-order valence-electron chi connectivity index (χ2n) is 5.72. The van der Waals surface area contributed by atoms with Gasteiger partial charge in [-0.25, -0.2) is 13.1 Å². The van der Waals surface area contributed by atoms with Crippen LogP contribution in [0.25, 0.3) is 0 Å². The zero-order valence-corrected chi connectivity index (χ0v) is 15.7. The van der Waals surface area contributed by atoms with Gasteiger partial charge in [-0.1, -0.05) is 11.6 Å². The number of benzene rings is 2. The van der Waals surface area contributed by atoms with Crippen LogP contribution in [0.3, 0.4) is 0 Å². The Kier molecular flexibility index (Phi) is 6.36. The number of carbonyl (C=O) groups excluding carboxylic acids is 2. The molecule has 2 aromatic carbocycles. The molecule has 3 N–H and O–H groups in total. The third-order valence-corrected chi connectivity index (χ3v) is 5.14. The van der Waals surface area contributed by atoms with Gasteiger partial charge in [0.1, 0.15) is 0 Å². The number of amides is 2. The largest absolute Gasteiger partial charge is 0.269 e. The predicted molar refractivity (Wildman–Crippen MR) is 98.3 cm³/mol. The Bertz CT molecular complexity index is 895. The Morgan fingerprint density at radius 2 is 1.27 bits per heavy atom. The number of rotatable bonds is 5. The molecule has 0 aliphatic rings. The summed E-state index contributed by atoms with van der Waals surface area (Å²) in [6.07, 6.45) is 0. The molecule has 138 valence electrons. The van der Waals surface area contributed by atoms with Crippen molar-refractivity contribution in [2.45, 2.75) is 24.8 Å². The van der Waals surface area contributed by atoms with Crippen LogP contribution in [0.4, 0.5) is 0 Å². The third-order valence-electron chi connectivity index (χ3n) is 3.21. The predicted octanol–water partition coefficient (Wildman–Crippen LogP) is 2.10. The molecule has 0 spiro atoms. The smallest absolute Gasteiger partial charge is 0.267 e. The van der Waals surface area contributed by atoms with Crippen molar-refractivity contribution in [1.29, 1.82) is 0 Å². The minimum atomic E-state index is -3.63. The van der Waals surface area contributed by atoms with Gasteiger partial charge in [-0.2, -0.15) is 0 Å². The van der Waals surface area contributed by atoms with Gasteiger partial charge >= 0.3 is 0 Å². The molecule has 0 radical (unpaired) electrons. The standard InChI is InChI=1S/C17H18ClN3O4S/c1-11(2)21-26(24,25)15-9-5-13(6-10-15)17(23)20-19-16(22)12-3-7-14(18)8-4-12/h3-11,21H,1-2H3,(H,19,22)(H,20,23). The molecule has 0 heterocycles. The average molecular weight is 396 g/mol. The molecular formula is C17H18ClN3O4S. The molecule has 0 aliphatic carbocycles. The Labute approximate surface area is 156 Å². The molecule has 0 saturated heterocycles. The molecule has 2 aromatic rings. The van der Waals surface area contributed by atoms with E-state index >= 15 is 0 Å². The van der Waals surface area contributed by atoms with Crippen LogP contribution in [0.15, 0.2) is 53.4 Å². The second-order valence-corrected chi connectivity index (χ2v) is 7.87. The molecule has 26 heavy (non-hydrogen) atoms. The van der Waals surface area contributed by atoms with Gasteiger partial charge in [0.2, 0.25) is 10.0 Å². The summed E-state index contributed by atoms with van der Waals surface area (Å²) in [5.41, 5.74) is 5.07. The molecule has 0 bridgehead atoms. The molecule has 9 heteroatoms. The van der Waals surface area contributed by atoms with Crippen LogP contribution in [-0.4, -0.2) is 26.3 Å². The molecule has 2 amide bonds. The van der Waals surface area contributed by atoms with Gasteiger partial charge < -0.3 is 0 Å². The highest BCUT2D eigenvalue weighted by atomic mass is 35.5. The fourth-order valence-electron chi connectivity index (χ4n) is 2.02. The van der Waals surface area contributed by atoms with Gasteiger partial charge in [-0.3, -0.25) is 20.4 Å². The highest BCUT2D eigenvalue weighted by molar-refractivity contribution is 7.89. The minimum Gasteiger partial charge on any atom is -0.267 e. The molecule has 0 atom stereocenters. The number of halogens is 1. The van der Waals surface area contributed by atoms with Crippen LogP contribution in [0.5, 0.6) is 0 Å². The first-order chi connectivity index (χ1) is 12.2. The molecule has 2 rings (SSSR count). The second kappa shape index (κ2) is 8.31. The maximum atomic E-state index is 12.1. The Hall–Kier alpha value is -2.42. The first-order valence-electron chi connectivity index (χ1n) is 7.67. The van der Waals surface area contributed by atoms with E-state index in [0.29, 0.717) is 10.6 Å². The van der Waals surface area contributed by atoms with Gasteiger partial charge in [0.05, 0.1) is 4.90 Å². The number of sulfonamides is 1. The van der Waals surface area contributed by atoms with Gasteiger partial charge in [0, 0.05) is 22.2 Å². The van der Waals surface area contributed by atoms with E-state index in [2.05, 4.69) is 15.6 Å². The monoisotopic (exact) mass is 395 g/mol. The fraction of sp³-hybridized carbons (Fsp3) is 0.176. The van der Waals surface area contributed by atoms with Crippen LogP contribution in [0.1, 0.15) is 34.6 Å². The van der Waals surface area contributed by atoms with Crippen LogP contribution in [0.2, 0.25) is 5.02 Å². The van der Waals surface area contributed by atoms with E-state index in [9.17, 15) is 18.0 Å². The van der Waals surface area contributed by atoms with Crippen molar-refractivity contribution in [3.05, 3.63) is 64.7 Å². The van der Waals surface area contributed by atoms with Crippen molar-refractivity contribution < 1.29 is 18.0 Å². The van der Waals surface area contributed by atoms with Crippen molar-refractivity contribution in [2.75, 3.05) is 0 Å². The summed E-state index contributed by atoms with van der Waals surface area (Å²) in [6.45, 7) is 3.42. The summed E-state index contributed by atoms with van der Waals surface area (Å²) in [6, 6.07) is 11.3. The number of carbonyl (C=O) groups is 2. The van der Waals surface area contributed by atoms with Crippen molar-refractivity contribution >= 4 is 33.4 Å². The average Bonchev–Trinajstić information content (AvgIpc) is 2.59. The normalized spacial score (nSPS) is 11.2. The number of nitrogens with one attached hydrogen (secondary N) is 3. The first kappa shape index (κ1) is 19.9. The lowest BCUT2D eigenvalue weighted by atomic mass is 10.2. The lowest BCUT2D eigenvalue weighted by Crippen LogP contribution is -2.41.